The van der Waals surface area contributed by atoms with Crippen LogP contribution < -0.4 is 16.0 Å². The van der Waals surface area contributed by atoms with Gasteiger partial charge in [-0.2, -0.15) is 0 Å². The minimum absolute atomic E-state index is 0.0427. The SMILES string of the molecule is CC(C)[C@H](NC(=O)[C@H](Cc1ccccc1)NC(=O)OCc1ccccc1)C(=O)C(=O)NCc1ccccc1. The van der Waals surface area contributed by atoms with Crippen LogP contribution >= 0.6 is 0 Å². The second kappa shape index (κ2) is 14.3. The van der Waals surface area contributed by atoms with E-state index < -0.39 is 35.8 Å². The van der Waals surface area contributed by atoms with E-state index in [0.29, 0.717) is 0 Å². The summed E-state index contributed by atoms with van der Waals surface area (Å²) in [5, 5.41) is 7.90. The molecule has 0 saturated carbocycles. The second-order valence-electron chi connectivity index (χ2n) is 9.21. The monoisotopic (exact) mass is 515 g/mol. The largest absolute Gasteiger partial charge is 0.445 e. The molecule has 0 heterocycles. The van der Waals surface area contributed by atoms with Gasteiger partial charge in [0, 0.05) is 13.0 Å². The van der Waals surface area contributed by atoms with Crippen molar-refractivity contribution in [1.29, 1.82) is 0 Å². The van der Waals surface area contributed by atoms with Gasteiger partial charge < -0.3 is 20.7 Å². The third-order valence-corrected chi connectivity index (χ3v) is 5.87. The van der Waals surface area contributed by atoms with Crippen molar-refractivity contribution in [1.82, 2.24) is 16.0 Å². The molecule has 0 unspecified atom stereocenters. The molecule has 3 N–H and O–H groups in total. The summed E-state index contributed by atoms with van der Waals surface area (Å²) in [4.78, 5) is 51.4. The number of amides is 3. The molecule has 0 radical (unpaired) electrons. The van der Waals surface area contributed by atoms with Crippen LogP contribution in [0.5, 0.6) is 0 Å². The Morgan fingerprint density at radius 3 is 1.79 bits per heavy atom. The molecule has 0 aliphatic heterocycles. The summed E-state index contributed by atoms with van der Waals surface area (Å²) in [5.41, 5.74) is 2.46. The summed E-state index contributed by atoms with van der Waals surface area (Å²) in [6.07, 6.45) is -0.593. The van der Waals surface area contributed by atoms with Crippen molar-refractivity contribution in [2.45, 2.75) is 45.5 Å². The average molecular weight is 516 g/mol. The van der Waals surface area contributed by atoms with Crippen molar-refractivity contribution >= 4 is 23.7 Å². The van der Waals surface area contributed by atoms with E-state index in [4.69, 9.17) is 4.74 Å². The Morgan fingerprint density at radius 2 is 1.24 bits per heavy atom. The molecule has 0 aliphatic carbocycles. The maximum absolute atomic E-state index is 13.3. The minimum atomic E-state index is -1.07. The first-order valence-electron chi connectivity index (χ1n) is 12.5. The van der Waals surface area contributed by atoms with Gasteiger partial charge in [0.15, 0.2) is 0 Å². The molecule has 8 heteroatoms. The highest BCUT2D eigenvalue weighted by molar-refractivity contribution is 6.38. The molecule has 8 nitrogen and oxygen atoms in total. The Balaban J connectivity index is 1.66. The van der Waals surface area contributed by atoms with Gasteiger partial charge in [-0.15, -0.1) is 0 Å². The van der Waals surface area contributed by atoms with E-state index in [1.807, 2.05) is 91.0 Å². The normalized spacial score (nSPS) is 12.2. The van der Waals surface area contributed by atoms with E-state index in [2.05, 4.69) is 16.0 Å². The summed E-state index contributed by atoms with van der Waals surface area (Å²) >= 11 is 0. The molecular formula is C30H33N3O5. The second-order valence-corrected chi connectivity index (χ2v) is 9.21. The van der Waals surface area contributed by atoms with E-state index in [9.17, 15) is 19.2 Å². The Labute approximate surface area is 222 Å². The van der Waals surface area contributed by atoms with Crippen LogP contribution in [0.1, 0.15) is 30.5 Å². The van der Waals surface area contributed by atoms with Crippen molar-refractivity contribution in [3.05, 3.63) is 108 Å². The molecular weight excluding hydrogens is 482 g/mol. The lowest BCUT2D eigenvalue weighted by atomic mass is 9.97. The number of carbonyl (C=O) groups is 4. The first-order valence-corrected chi connectivity index (χ1v) is 12.5. The molecule has 0 fully saturated rings. The van der Waals surface area contributed by atoms with Crippen LogP contribution in [-0.4, -0.2) is 35.8 Å². The molecule has 3 amide bonds. The Bertz CT molecular complexity index is 1200. The number of carbonyl (C=O) groups excluding carboxylic acids is 4. The van der Waals surface area contributed by atoms with Crippen molar-refractivity contribution in [2.24, 2.45) is 5.92 Å². The average Bonchev–Trinajstić information content (AvgIpc) is 2.94. The van der Waals surface area contributed by atoms with Crippen LogP contribution in [-0.2, 0) is 38.7 Å². The van der Waals surface area contributed by atoms with E-state index in [1.165, 1.54) is 0 Å². The maximum atomic E-state index is 13.3. The number of alkyl carbamates (subject to hydrolysis) is 1. The Kier molecular flexibility index (Phi) is 10.6. The van der Waals surface area contributed by atoms with E-state index >= 15 is 0 Å². The van der Waals surface area contributed by atoms with Gasteiger partial charge >= 0.3 is 6.09 Å². The lowest BCUT2D eigenvalue weighted by Gasteiger charge is -2.24. The fourth-order valence-corrected chi connectivity index (χ4v) is 3.76. The number of hydrogen-bond acceptors (Lipinski definition) is 5. The van der Waals surface area contributed by atoms with Crippen LogP contribution in [0.25, 0.3) is 0 Å². The zero-order valence-electron chi connectivity index (χ0n) is 21.6. The van der Waals surface area contributed by atoms with Gasteiger partial charge in [0.25, 0.3) is 5.91 Å². The molecule has 0 aliphatic rings. The summed E-state index contributed by atoms with van der Waals surface area (Å²) < 4.78 is 5.30. The molecule has 3 aromatic rings. The summed E-state index contributed by atoms with van der Waals surface area (Å²) in [6, 6.07) is 25.5. The van der Waals surface area contributed by atoms with Crippen LogP contribution in [0.15, 0.2) is 91.0 Å². The molecule has 0 bridgehead atoms. The van der Waals surface area contributed by atoms with Crippen molar-refractivity contribution < 1.29 is 23.9 Å². The van der Waals surface area contributed by atoms with Gasteiger partial charge in [-0.1, -0.05) is 105 Å². The lowest BCUT2D eigenvalue weighted by Crippen LogP contribution is -2.56. The summed E-state index contributed by atoms with van der Waals surface area (Å²) in [7, 11) is 0. The van der Waals surface area contributed by atoms with Gasteiger partial charge in [0.1, 0.15) is 12.6 Å². The van der Waals surface area contributed by atoms with Crippen LogP contribution in [0.4, 0.5) is 4.79 Å². The van der Waals surface area contributed by atoms with Crippen molar-refractivity contribution in [2.75, 3.05) is 0 Å². The predicted molar refractivity (Wildman–Crippen MR) is 144 cm³/mol. The predicted octanol–water partition coefficient (Wildman–Crippen LogP) is 3.55. The number of hydrogen-bond donors (Lipinski definition) is 3. The third-order valence-electron chi connectivity index (χ3n) is 5.87. The standard InChI is InChI=1S/C30H33N3O5/c1-21(2)26(27(34)29(36)31-19-23-14-8-4-9-15-23)33-28(35)25(18-22-12-6-3-7-13-22)32-30(37)38-20-24-16-10-5-11-17-24/h3-17,21,25-26H,18-20H2,1-2H3,(H,31,36)(H,32,37)(H,33,35)/t25-,26-/m0/s1. The van der Waals surface area contributed by atoms with Crippen LogP contribution in [0.3, 0.4) is 0 Å². The van der Waals surface area contributed by atoms with Gasteiger partial charge in [-0.3, -0.25) is 14.4 Å². The molecule has 0 aromatic heterocycles. The topological polar surface area (TPSA) is 114 Å². The van der Waals surface area contributed by atoms with Gasteiger partial charge in [-0.05, 0) is 22.6 Å². The first-order chi connectivity index (χ1) is 18.3. The molecule has 38 heavy (non-hydrogen) atoms. The fourth-order valence-electron chi connectivity index (χ4n) is 3.76. The van der Waals surface area contributed by atoms with E-state index in [0.717, 1.165) is 16.7 Å². The van der Waals surface area contributed by atoms with Gasteiger partial charge in [-0.25, -0.2) is 4.79 Å². The molecule has 3 aromatic carbocycles. The first kappa shape index (κ1) is 28.1. The smallest absolute Gasteiger partial charge is 0.408 e. The van der Waals surface area contributed by atoms with Gasteiger partial charge in [0.2, 0.25) is 11.7 Å². The molecule has 0 spiro atoms. The minimum Gasteiger partial charge on any atom is -0.445 e. The third kappa shape index (κ3) is 8.89. The Morgan fingerprint density at radius 1 is 0.711 bits per heavy atom. The number of nitrogens with one attached hydrogen (secondary N) is 3. The van der Waals surface area contributed by atoms with Crippen molar-refractivity contribution in [3.8, 4) is 0 Å². The number of ketones is 1. The van der Waals surface area contributed by atoms with Crippen LogP contribution in [0.2, 0.25) is 0 Å². The summed E-state index contributed by atoms with van der Waals surface area (Å²) in [5.74, 6) is -2.50. The molecule has 0 saturated heterocycles. The van der Waals surface area contributed by atoms with Crippen LogP contribution in [0, 0.1) is 5.92 Å². The Hall–Kier alpha value is -4.46. The van der Waals surface area contributed by atoms with E-state index in [-0.39, 0.29) is 25.5 Å². The number of rotatable bonds is 12. The highest BCUT2D eigenvalue weighted by atomic mass is 16.5. The van der Waals surface area contributed by atoms with E-state index in [1.54, 1.807) is 13.8 Å². The number of ether oxygens (including phenoxy) is 1. The van der Waals surface area contributed by atoms with Gasteiger partial charge in [0.05, 0.1) is 6.04 Å². The molecule has 2 atom stereocenters. The zero-order valence-corrected chi connectivity index (χ0v) is 21.6. The maximum Gasteiger partial charge on any atom is 0.408 e. The van der Waals surface area contributed by atoms with Crippen molar-refractivity contribution in [3.63, 3.8) is 0 Å². The highest BCUT2D eigenvalue weighted by Gasteiger charge is 2.32. The quantitative estimate of drug-likeness (QED) is 0.319. The molecule has 198 valence electrons. The molecule has 3 rings (SSSR count). The fraction of sp³-hybridized carbons (Fsp3) is 0.267. The number of Topliss-reactive ketones (excluding diaryl/α,β-unsaturated/α-hetero) is 1. The highest BCUT2D eigenvalue weighted by Crippen LogP contribution is 2.09. The lowest BCUT2D eigenvalue weighted by molar-refractivity contribution is -0.141. The number of benzene rings is 3. The summed E-state index contributed by atoms with van der Waals surface area (Å²) in [6.45, 7) is 3.71. The zero-order chi connectivity index (χ0) is 27.3.